The van der Waals surface area contributed by atoms with Gasteiger partial charge < -0.3 is 14.8 Å². The SMILES string of the molecule is Cc1cc(C)cc(OCC(=O)OCC(=O)c2ccc3c(c2)[C@@H](C)C(=O)N3)c1. The van der Waals surface area contributed by atoms with Gasteiger partial charge in [-0.25, -0.2) is 4.79 Å². The van der Waals surface area contributed by atoms with Crippen LogP contribution in [-0.4, -0.2) is 30.9 Å². The lowest BCUT2D eigenvalue weighted by atomic mass is 9.99. The molecule has 0 unspecified atom stereocenters. The quantitative estimate of drug-likeness (QED) is 0.626. The van der Waals surface area contributed by atoms with Gasteiger partial charge in [0.15, 0.2) is 19.0 Å². The fourth-order valence-corrected chi connectivity index (χ4v) is 3.02. The highest BCUT2D eigenvalue weighted by Crippen LogP contribution is 2.32. The van der Waals surface area contributed by atoms with E-state index in [1.54, 1.807) is 25.1 Å². The minimum atomic E-state index is -0.617. The van der Waals surface area contributed by atoms with E-state index in [9.17, 15) is 14.4 Å². The fourth-order valence-electron chi connectivity index (χ4n) is 3.02. The molecular weight excluding hydrogens is 346 g/mol. The van der Waals surface area contributed by atoms with E-state index in [1.807, 2.05) is 32.0 Å². The van der Waals surface area contributed by atoms with Crippen LogP contribution in [0.5, 0.6) is 5.75 Å². The van der Waals surface area contributed by atoms with Gasteiger partial charge in [-0.15, -0.1) is 0 Å². The monoisotopic (exact) mass is 367 g/mol. The number of amides is 1. The smallest absolute Gasteiger partial charge is 0.344 e. The molecule has 0 aromatic heterocycles. The van der Waals surface area contributed by atoms with Gasteiger partial charge in [0.2, 0.25) is 5.91 Å². The first-order valence-electron chi connectivity index (χ1n) is 8.68. The molecule has 0 spiro atoms. The predicted molar refractivity (Wildman–Crippen MR) is 100 cm³/mol. The maximum absolute atomic E-state index is 12.3. The van der Waals surface area contributed by atoms with Crippen LogP contribution in [-0.2, 0) is 14.3 Å². The first-order valence-corrected chi connectivity index (χ1v) is 8.68. The number of fused-ring (bicyclic) bond motifs is 1. The number of aryl methyl sites for hydroxylation is 2. The van der Waals surface area contributed by atoms with Crippen molar-refractivity contribution >= 4 is 23.3 Å². The molecule has 0 saturated carbocycles. The van der Waals surface area contributed by atoms with Crippen molar-refractivity contribution in [2.45, 2.75) is 26.7 Å². The number of carbonyl (C=O) groups is 3. The molecule has 6 heteroatoms. The zero-order valence-corrected chi connectivity index (χ0v) is 15.5. The molecule has 1 aliphatic heterocycles. The largest absolute Gasteiger partial charge is 0.482 e. The van der Waals surface area contributed by atoms with Crippen molar-refractivity contribution in [2.24, 2.45) is 0 Å². The van der Waals surface area contributed by atoms with Crippen LogP contribution in [0.3, 0.4) is 0 Å². The average Bonchev–Trinajstić information content (AvgIpc) is 2.91. The van der Waals surface area contributed by atoms with Gasteiger partial charge in [0.25, 0.3) is 0 Å². The Labute approximate surface area is 157 Å². The Morgan fingerprint density at radius 1 is 1.04 bits per heavy atom. The second-order valence-electron chi connectivity index (χ2n) is 6.71. The van der Waals surface area contributed by atoms with Gasteiger partial charge in [-0.2, -0.15) is 0 Å². The summed E-state index contributed by atoms with van der Waals surface area (Å²) < 4.78 is 10.4. The summed E-state index contributed by atoms with van der Waals surface area (Å²) in [7, 11) is 0. The molecule has 1 heterocycles. The van der Waals surface area contributed by atoms with E-state index in [2.05, 4.69) is 5.32 Å². The van der Waals surface area contributed by atoms with Crippen LogP contribution in [0.15, 0.2) is 36.4 Å². The fraction of sp³-hybridized carbons (Fsp3) is 0.286. The third kappa shape index (κ3) is 4.34. The summed E-state index contributed by atoms with van der Waals surface area (Å²) in [5, 5.41) is 2.75. The number of Topliss-reactive ketones (excluding diaryl/α,β-unsaturated/α-hetero) is 1. The predicted octanol–water partition coefficient (Wildman–Crippen LogP) is 3.16. The van der Waals surface area contributed by atoms with Crippen molar-refractivity contribution < 1.29 is 23.9 Å². The van der Waals surface area contributed by atoms with E-state index in [1.165, 1.54) is 0 Å². The lowest BCUT2D eigenvalue weighted by Gasteiger charge is -2.09. The molecule has 1 aliphatic rings. The first-order chi connectivity index (χ1) is 12.8. The third-order valence-electron chi connectivity index (χ3n) is 4.41. The number of ketones is 1. The summed E-state index contributed by atoms with van der Waals surface area (Å²) in [4.78, 5) is 35.8. The molecular formula is C21H21NO5. The lowest BCUT2D eigenvalue weighted by molar-refractivity contribution is -0.144. The van der Waals surface area contributed by atoms with Gasteiger partial charge in [0.05, 0.1) is 5.92 Å². The molecule has 1 N–H and O–H groups in total. The standard InChI is InChI=1S/C21H21NO5/c1-12-6-13(2)8-16(7-12)26-11-20(24)27-10-19(23)15-4-5-18-17(9-15)14(3)21(25)22-18/h4-9,14H,10-11H2,1-3H3,(H,22,25)/t14-/m1/s1. The van der Waals surface area contributed by atoms with E-state index < -0.39 is 5.97 Å². The maximum atomic E-state index is 12.3. The molecule has 140 valence electrons. The number of esters is 1. The van der Waals surface area contributed by atoms with Crippen LogP contribution < -0.4 is 10.1 Å². The number of ether oxygens (including phenoxy) is 2. The van der Waals surface area contributed by atoms with Crippen LogP contribution in [0.2, 0.25) is 0 Å². The Balaban J connectivity index is 1.53. The number of anilines is 1. The number of carbonyl (C=O) groups excluding carboxylic acids is 3. The molecule has 2 aromatic rings. The third-order valence-corrected chi connectivity index (χ3v) is 4.41. The summed E-state index contributed by atoms with van der Waals surface area (Å²) in [6.07, 6.45) is 0. The van der Waals surface area contributed by atoms with Gasteiger partial charge in [-0.1, -0.05) is 6.07 Å². The normalized spacial score (nSPS) is 15.1. The molecule has 0 saturated heterocycles. The Hall–Kier alpha value is -3.15. The molecule has 0 fully saturated rings. The molecule has 2 aromatic carbocycles. The van der Waals surface area contributed by atoms with E-state index in [0.29, 0.717) is 17.0 Å². The van der Waals surface area contributed by atoms with Gasteiger partial charge in [-0.3, -0.25) is 9.59 Å². The Morgan fingerprint density at radius 3 is 2.44 bits per heavy atom. The average molecular weight is 367 g/mol. The highest BCUT2D eigenvalue weighted by molar-refractivity contribution is 6.05. The molecule has 1 atom stereocenters. The summed E-state index contributed by atoms with van der Waals surface area (Å²) in [5.74, 6) is -0.760. The van der Waals surface area contributed by atoms with E-state index in [4.69, 9.17) is 9.47 Å². The van der Waals surface area contributed by atoms with Gasteiger partial charge in [0.1, 0.15) is 5.75 Å². The summed E-state index contributed by atoms with van der Waals surface area (Å²) in [5.41, 5.74) is 3.96. The Bertz CT molecular complexity index is 899. The summed E-state index contributed by atoms with van der Waals surface area (Å²) in [6.45, 7) is 5.02. The van der Waals surface area contributed by atoms with Crippen LogP contribution in [0.4, 0.5) is 5.69 Å². The molecule has 3 rings (SSSR count). The minimum Gasteiger partial charge on any atom is -0.482 e. The number of hydrogen-bond donors (Lipinski definition) is 1. The molecule has 27 heavy (non-hydrogen) atoms. The summed E-state index contributed by atoms with van der Waals surface area (Å²) in [6, 6.07) is 10.6. The van der Waals surface area contributed by atoms with Crippen molar-refractivity contribution in [3.63, 3.8) is 0 Å². The topological polar surface area (TPSA) is 81.7 Å². The minimum absolute atomic E-state index is 0.0930. The zero-order chi connectivity index (χ0) is 19.6. The van der Waals surface area contributed by atoms with Crippen molar-refractivity contribution in [1.82, 2.24) is 0 Å². The number of rotatable bonds is 6. The van der Waals surface area contributed by atoms with Crippen LogP contribution in [0.25, 0.3) is 0 Å². The van der Waals surface area contributed by atoms with Crippen molar-refractivity contribution in [2.75, 3.05) is 18.5 Å². The Kier molecular flexibility index (Phi) is 5.26. The van der Waals surface area contributed by atoms with Crippen molar-refractivity contribution in [3.05, 3.63) is 58.7 Å². The molecule has 0 radical (unpaired) electrons. The zero-order valence-electron chi connectivity index (χ0n) is 15.5. The van der Waals surface area contributed by atoms with E-state index >= 15 is 0 Å². The number of nitrogens with one attached hydrogen (secondary N) is 1. The highest BCUT2D eigenvalue weighted by atomic mass is 16.6. The first kappa shape index (κ1) is 18.6. The van der Waals surface area contributed by atoms with Crippen LogP contribution >= 0.6 is 0 Å². The van der Waals surface area contributed by atoms with Crippen molar-refractivity contribution in [3.8, 4) is 5.75 Å². The van der Waals surface area contributed by atoms with Gasteiger partial charge in [-0.05, 0) is 67.8 Å². The van der Waals surface area contributed by atoms with Crippen molar-refractivity contribution in [1.29, 1.82) is 0 Å². The van der Waals surface area contributed by atoms with Crippen LogP contribution in [0.1, 0.15) is 39.9 Å². The van der Waals surface area contributed by atoms with Gasteiger partial charge >= 0.3 is 5.97 Å². The highest BCUT2D eigenvalue weighted by Gasteiger charge is 2.27. The van der Waals surface area contributed by atoms with Crippen LogP contribution in [0, 0.1) is 13.8 Å². The summed E-state index contributed by atoms with van der Waals surface area (Å²) >= 11 is 0. The van der Waals surface area contributed by atoms with Gasteiger partial charge in [0, 0.05) is 11.3 Å². The second-order valence-corrected chi connectivity index (χ2v) is 6.71. The maximum Gasteiger partial charge on any atom is 0.344 e. The number of benzene rings is 2. The number of hydrogen-bond acceptors (Lipinski definition) is 5. The Morgan fingerprint density at radius 2 is 1.74 bits per heavy atom. The molecule has 0 bridgehead atoms. The van der Waals surface area contributed by atoms with E-state index in [0.717, 1.165) is 16.7 Å². The second kappa shape index (κ2) is 7.61. The van der Waals surface area contributed by atoms with E-state index in [-0.39, 0.29) is 30.8 Å². The lowest BCUT2D eigenvalue weighted by Crippen LogP contribution is -2.19. The molecule has 6 nitrogen and oxygen atoms in total. The molecule has 0 aliphatic carbocycles. The molecule has 1 amide bonds.